The summed E-state index contributed by atoms with van der Waals surface area (Å²) in [6.07, 6.45) is 1.84. The molecular weight excluding hydrogens is 518 g/mol. The fourth-order valence-electron chi connectivity index (χ4n) is 3.48. The highest BCUT2D eigenvalue weighted by atomic mass is 79.9. The molecule has 1 N–H and O–H groups in total. The molecule has 0 saturated heterocycles. The molecule has 2 aromatic carbocycles. The molecule has 0 saturated carbocycles. The van der Waals surface area contributed by atoms with Crippen molar-refractivity contribution in [3.63, 3.8) is 0 Å². The number of anilines is 1. The van der Waals surface area contributed by atoms with Crippen LogP contribution in [0.3, 0.4) is 0 Å². The van der Waals surface area contributed by atoms with Crippen molar-refractivity contribution in [3.8, 4) is 0 Å². The number of aryl methyl sites for hydroxylation is 1. The molecule has 2 unspecified atom stereocenters. The number of nitrogens with one attached hydrogen (secondary N) is 1. The largest absolute Gasteiger partial charge is 0.352 e. The molecule has 9 heteroatoms. The van der Waals surface area contributed by atoms with Crippen LogP contribution in [0.4, 0.5) is 5.69 Å². The van der Waals surface area contributed by atoms with Gasteiger partial charge in [-0.1, -0.05) is 47.1 Å². The van der Waals surface area contributed by atoms with Gasteiger partial charge in [0.25, 0.3) is 0 Å². The van der Waals surface area contributed by atoms with Gasteiger partial charge in [-0.25, -0.2) is 8.42 Å². The van der Waals surface area contributed by atoms with Gasteiger partial charge >= 0.3 is 0 Å². The maximum atomic E-state index is 13.6. The number of amides is 2. The lowest BCUT2D eigenvalue weighted by Gasteiger charge is -2.32. The number of nitrogens with zero attached hydrogens (tertiary/aromatic N) is 2. The number of hydrogen-bond donors (Lipinski definition) is 1. The molecule has 0 heterocycles. The first-order valence-electron chi connectivity index (χ1n) is 11.2. The number of carbonyl (C=O) groups is 2. The van der Waals surface area contributed by atoms with Crippen LogP contribution in [-0.4, -0.2) is 50.0 Å². The van der Waals surface area contributed by atoms with Gasteiger partial charge in [0.1, 0.15) is 12.6 Å². The zero-order valence-corrected chi connectivity index (χ0v) is 23.0. The Balaban J connectivity index is 2.43. The van der Waals surface area contributed by atoms with Crippen molar-refractivity contribution in [1.29, 1.82) is 0 Å². The molecule has 2 rings (SSSR count). The normalized spacial score (nSPS) is 13.1. The summed E-state index contributed by atoms with van der Waals surface area (Å²) in [5.41, 5.74) is 2.98. The summed E-state index contributed by atoms with van der Waals surface area (Å²) in [5.74, 6) is -0.742. The fraction of sp³-hybridized carbons (Fsp3) is 0.440. The van der Waals surface area contributed by atoms with Crippen LogP contribution in [0.15, 0.2) is 46.9 Å². The summed E-state index contributed by atoms with van der Waals surface area (Å²) in [5, 5.41) is 2.92. The maximum absolute atomic E-state index is 13.6. The number of benzene rings is 2. The second-order valence-corrected chi connectivity index (χ2v) is 11.5. The van der Waals surface area contributed by atoms with E-state index in [0.29, 0.717) is 5.69 Å². The Kier molecular flexibility index (Phi) is 9.70. The minimum atomic E-state index is -3.76. The molecule has 0 aliphatic carbocycles. The van der Waals surface area contributed by atoms with Gasteiger partial charge in [-0.3, -0.25) is 13.9 Å². The Morgan fingerprint density at radius 2 is 1.74 bits per heavy atom. The molecule has 2 amide bonds. The average molecular weight is 553 g/mol. The Bertz CT molecular complexity index is 1140. The van der Waals surface area contributed by atoms with Crippen molar-refractivity contribution in [2.75, 3.05) is 17.1 Å². The van der Waals surface area contributed by atoms with Crippen molar-refractivity contribution < 1.29 is 18.0 Å². The Labute approximate surface area is 211 Å². The van der Waals surface area contributed by atoms with E-state index < -0.39 is 28.5 Å². The van der Waals surface area contributed by atoms with Gasteiger partial charge < -0.3 is 10.2 Å². The topological polar surface area (TPSA) is 86.8 Å². The number of halogens is 1. The second kappa shape index (κ2) is 11.8. The monoisotopic (exact) mass is 551 g/mol. The van der Waals surface area contributed by atoms with E-state index in [0.717, 1.165) is 38.1 Å². The van der Waals surface area contributed by atoms with Crippen molar-refractivity contribution in [1.82, 2.24) is 10.2 Å². The second-order valence-electron chi connectivity index (χ2n) is 8.63. The highest BCUT2D eigenvalue weighted by Crippen LogP contribution is 2.25. The first-order chi connectivity index (χ1) is 15.8. The first kappa shape index (κ1) is 27.9. The van der Waals surface area contributed by atoms with E-state index in [2.05, 4.69) is 21.2 Å². The number of hydrogen-bond acceptors (Lipinski definition) is 4. The van der Waals surface area contributed by atoms with Crippen LogP contribution < -0.4 is 9.62 Å². The van der Waals surface area contributed by atoms with E-state index in [1.54, 1.807) is 19.1 Å². The van der Waals surface area contributed by atoms with E-state index in [1.165, 1.54) is 4.90 Å². The molecule has 2 aromatic rings. The van der Waals surface area contributed by atoms with Gasteiger partial charge in [0.05, 0.1) is 11.9 Å². The SMILES string of the molecule is CCC(C)NC(=O)C(C)N(Cc1cccc(Br)c1)C(=O)CN(c1cccc(C)c1C)S(C)(=O)=O. The summed E-state index contributed by atoms with van der Waals surface area (Å²) in [7, 11) is -3.76. The molecule has 7 nitrogen and oxygen atoms in total. The number of rotatable bonds is 10. The van der Waals surface area contributed by atoms with Crippen LogP contribution in [-0.2, 0) is 26.2 Å². The average Bonchev–Trinajstić information content (AvgIpc) is 2.76. The zero-order valence-electron chi connectivity index (χ0n) is 20.6. The van der Waals surface area contributed by atoms with E-state index >= 15 is 0 Å². The van der Waals surface area contributed by atoms with Crippen LogP contribution in [0.2, 0.25) is 0 Å². The molecule has 0 fully saturated rings. The first-order valence-corrected chi connectivity index (χ1v) is 13.9. The fourth-order valence-corrected chi connectivity index (χ4v) is 4.83. The van der Waals surface area contributed by atoms with E-state index in [4.69, 9.17) is 0 Å². The van der Waals surface area contributed by atoms with Crippen molar-refractivity contribution in [3.05, 3.63) is 63.6 Å². The lowest BCUT2D eigenvalue weighted by atomic mass is 10.1. The summed E-state index contributed by atoms with van der Waals surface area (Å²) >= 11 is 3.44. The van der Waals surface area contributed by atoms with Crippen molar-refractivity contribution in [2.24, 2.45) is 0 Å². The Morgan fingerprint density at radius 3 is 2.32 bits per heavy atom. The van der Waals surface area contributed by atoms with Gasteiger partial charge in [0.15, 0.2) is 0 Å². The van der Waals surface area contributed by atoms with Crippen LogP contribution >= 0.6 is 15.9 Å². The van der Waals surface area contributed by atoms with E-state index in [1.807, 2.05) is 58.0 Å². The van der Waals surface area contributed by atoms with Crippen LogP contribution in [0, 0.1) is 13.8 Å². The smallest absolute Gasteiger partial charge is 0.244 e. The molecule has 186 valence electrons. The van der Waals surface area contributed by atoms with Gasteiger partial charge in [0, 0.05) is 17.1 Å². The van der Waals surface area contributed by atoms with Crippen LogP contribution in [0.25, 0.3) is 0 Å². The zero-order chi connectivity index (χ0) is 25.6. The quantitative estimate of drug-likeness (QED) is 0.480. The molecule has 0 radical (unpaired) electrons. The van der Waals surface area contributed by atoms with Gasteiger partial charge in [0.2, 0.25) is 21.8 Å². The minimum absolute atomic E-state index is 0.0415. The highest BCUT2D eigenvalue weighted by Gasteiger charge is 2.31. The molecule has 2 atom stereocenters. The summed E-state index contributed by atoms with van der Waals surface area (Å²) in [4.78, 5) is 27.9. The van der Waals surface area contributed by atoms with Crippen molar-refractivity contribution in [2.45, 2.75) is 59.7 Å². The summed E-state index contributed by atoms with van der Waals surface area (Å²) < 4.78 is 27.4. The van der Waals surface area contributed by atoms with Crippen molar-refractivity contribution >= 4 is 43.5 Å². The van der Waals surface area contributed by atoms with E-state index in [-0.39, 0.29) is 18.5 Å². The maximum Gasteiger partial charge on any atom is 0.244 e. The third-order valence-electron chi connectivity index (χ3n) is 5.93. The predicted molar refractivity (Wildman–Crippen MR) is 140 cm³/mol. The minimum Gasteiger partial charge on any atom is -0.352 e. The van der Waals surface area contributed by atoms with Crippen LogP contribution in [0.5, 0.6) is 0 Å². The molecule has 0 spiro atoms. The molecule has 0 bridgehead atoms. The van der Waals surface area contributed by atoms with Crippen LogP contribution in [0.1, 0.15) is 43.9 Å². The molecule has 0 aliphatic rings. The third-order valence-corrected chi connectivity index (χ3v) is 7.55. The highest BCUT2D eigenvalue weighted by molar-refractivity contribution is 9.10. The molecule has 0 aromatic heterocycles. The van der Waals surface area contributed by atoms with Gasteiger partial charge in [-0.2, -0.15) is 0 Å². The lowest BCUT2D eigenvalue weighted by Crippen LogP contribution is -2.52. The molecular formula is C25H34BrN3O4S. The number of sulfonamides is 1. The van der Waals surface area contributed by atoms with Gasteiger partial charge in [-0.15, -0.1) is 0 Å². The van der Waals surface area contributed by atoms with E-state index in [9.17, 15) is 18.0 Å². The standard InChI is InChI=1S/C25H34BrN3O4S/c1-7-18(3)27-25(31)20(5)28(15-21-11-9-12-22(26)14-21)24(30)16-29(34(6,32)33)23-13-8-10-17(2)19(23)4/h8-14,18,20H,7,15-16H2,1-6H3,(H,27,31). The van der Waals surface area contributed by atoms with Gasteiger partial charge in [-0.05, 0) is 69.0 Å². The predicted octanol–water partition coefficient (Wildman–Crippen LogP) is 4.16. The Morgan fingerprint density at radius 1 is 1.09 bits per heavy atom. The number of carbonyl (C=O) groups excluding carboxylic acids is 2. The molecule has 34 heavy (non-hydrogen) atoms. The molecule has 0 aliphatic heterocycles. The summed E-state index contributed by atoms with van der Waals surface area (Å²) in [6.45, 7) is 9.01. The lowest BCUT2D eigenvalue weighted by molar-refractivity contribution is -0.139. The third kappa shape index (κ3) is 7.30. The summed E-state index contributed by atoms with van der Waals surface area (Å²) in [6, 6.07) is 12.0. The Hall–Kier alpha value is -2.39.